The Kier molecular flexibility index (Phi) is 6.99. The van der Waals surface area contributed by atoms with Crippen molar-refractivity contribution in [3.63, 3.8) is 0 Å². The summed E-state index contributed by atoms with van der Waals surface area (Å²) >= 11 is 0. The highest BCUT2D eigenvalue weighted by molar-refractivity contribution is 7.89. The van der Waals surface area contributed by atoms with E-state index in [0.717, 1.165) is 18.4 Å². The minimum absolute atomic E-state index is 0.0725. The van der Waals surface area contributed by atoms with Crippen molar-refractivity contribution in [3.05, 3.63) is 54.1 Å². The number of methoxy groups -OCH3 is 1. The number of amides is 1. The van der Waals surface area contributed by atoms with Crippen LogP contribution in [0.25, 0.3) is 0 Å². The third-order valence-corrected chi connectivity index (χ3v) is 4.79. The average molecular weight is 378 g/mol. The summed E-state index contributed by atoms with van der Waals surface area (Å²) in [7, 11) is -2.36. The van der Waals surface area contributed by atoms with Gasteiger partial charge in [0.2, 0.25) is 0 Å². The molecule has 0 aromatic heterocycles. The van der Waals surface area contributed by atoms with E-state index in [9.17, 15) is 13.2 Å². The van der Waals surface area contributed by atoms with Crippen LogP contribution in [0.2, 0.25) is 0 Å². The Morgan fingerprint density at radius 3 is 2.31 bits per heavy atom. The molecule has 0 saturated heterocycles. The van der Waals surface area contributed by atoms with Crippen LogP contribution < -0.4 is 19.7 Å². The molecule has 2 N–H and O–H groups in total. The zero-order chi connectivity index (χ0) is 19.0. The molecule has 0 heterocycles. The summed E-state index contributed by atoms with van der Waals surface area (Å²) in [6.45, 7) is 1.69. The summed E-state index contributed by atoms with van der Waals surface area (Å²) in [5.74, 6) is 0.231. The van der Waals surface area contributed by atoms with Gasteiger partial charge in [0.15, 0.2) is 18.1 Å². The molecule has 0 aliphatic heterocycles. The Labute approximate surface area is 153 Å². The smallest absolute Gasteiger partial charge is 0.272 e. The van der Waals surface area contributed by atoms with Gasteiger partial charge in [-0.05, 0) is 36.2 Å². The number of carbonyl (C=O) groups excluding carboxylic acids is 1. The van der Waals surface area contributed by atoms with Gasteiger partial charge in [-0.2, -0.15) is 0 Å². The van der Waals surface area contributed by atoms with Crippen molar-refractivity contribution in [3.8, 4) is 11.5 Å². The highest BCUT2D eigenvalue weighted by atomic mass is 32.2. The molecule has 26 heavy (non-hydrogen) atoms. The molecule has 2 rings (SSSR count). The lowest BCUT2D eigenvalue weighted by atomic mass is 10.1. The number of sulfonamides is 1. The molecule has 0 bridgehead atoms. The monoisotopic (exact) mass is 378 g/mol. The maximum Gasteiger partial charge on any atom is 0.272 e. The first-order chi connectivity index (χ1) is 12.5. The van der Waals surface area contributed by atoms with E-state index in [1.54, 1.807) is 36.4 Å². The lowest BCUT2D eigenvalue weighted by molar-refractivity contribution is -0.123. The number of benzene rings is 2. The third kappa shape index (κ3) is 5.47. The van der Waals surface area contributed by atoms with E-state index in [1.807, 2.05) is 0 Å². The summed E-state index contributed by atoms with van der Waals surface area (Å²) in [5.41, 5.74) is 3.18. The first-order valence-corrected chi connectivity index (χ1v) is 9.60. The summed E-state index contributed by atoms with van der Waals surface area (Å²) in [5, 5.41) is 0. The van der Waals surface area contributed by atoms with Crippen molar-refractivity contribution >= 4 is 15.9 Å². The summed E-state index contributed by atoms with van der Waals surface area (Å²) in [6.07, 6.45) is 1.86. The molecule has 0 fully saturated rings. The average Bonchev–Trinajstić information content (AvgIpc) is 2.65. The van der Waals surface area contributed by atoms with E-state index in [4.69, 9.17) is 9.47 Å². The fourth-order valence-corrected chi connectivity index (χ4v) is 3.08. The first-order valence-electron chi connectivity index (χ1n) is 8.11. The van der Waals surface area contributed by atoms with Gasteiger partial charge >= 0.3 is 0 Å². The second-order valence-electron chi connectivity index (χ2n) is 5.49. The van der Waals surface area contributed by atoms with Crippen molar-refractivity contribution in [2.24, 2.45) is 0 Å². The van der Waals surface area contributed by atoms with Gasteiger partial charge in [-0.25, -0.2) is 8.42 Å². The number of ether oxygens (including phenoxy) is 2. The molecule has 0 saturated carbocycles. The minimum atomic E-state index is -3.85. The number of hydrogen-bond acceptors (Lipinski definition) is 5. The van der Waals surface area contributed by atoms with Gasteiger partial charge in [0, 0.05) is 0 Å². The number of hydrogen-bond donors (Lipinski definition) is 2. The summed E-state index contributed by atoms with van der Waals surface area (Å²) in [6, 6.07) is 13.4. The Balaban J connectivity index is 1.89. The maximum absolute atomic E-state index is 12.2. The van der Waals surface area contributed by atoms with E-state index in [-0.39, 0.29) is 11.5 Å². The zero-order valence-electron chi connectivity index (χ0n) is 14.7. The molecule has 7 nitrogen and oxygen atoms in total. The van der Waals surface area contributed by atoms with Crippen LogP contribution in [0.15, 0.2) is 53.4 Å². The maximum atomic E-state index is 12.2. The van der Waals surface area contributed by atoms with Gasteiger partial charge in [0.05, 0.1) is 12.0 Å². The number of carbonyl (C=O) groups is 1. The lowest BCUT2D eigenvalue weighted by Crippen LogP contribution is -2.43. The van der Waals surface area contributed by atoms with E-state index < -0.39 is 15.9 Å². The quantitative estimate of drug-likeness (QED) is 0.651. The second-order valence-corrected chi connectivity index (χ2v) is 7.17. The van der Waals surface area contributed by atoms with Crippen molar-refractivity contribution < 1.29 is 22.7 Å². The largest absolute Gasteiger partial charge is 0.493 e. The number of hydrazine groups is 1. The predicted molar refractivity (Wildman–Crippen MR) is 97.4 cm³/mol. The SMILES string of the molecule is CCCc1ccc(S(=O)(=O)NNC(=O)COc2ccccc2OC)cc1. The number of nitrogens with one attached hydrogen (secondary N) is 2. The number of rotatable bonds is 9. The van der Waals surface area contributed by atoms with Crippen LogP contribution in [0.4, 0.5) is 0 Å². The Hall–Kier alpha value is -2.58. The van der Waals surface area contributed by atoms with E-state index in [2.05, 4.69) is 17.2 Å². The fourth-order valence-electron chi connectivity index (χ4n) is 2.22. The first kappa shape index (κ1) is 19.7. The lowest BCUT2D eigenvalue weighted by Gasteiger charge is -2.11. The van der Waals surface area contributed by atoms with Crippen LogP contribution in [0.5, 0.6) is 11.5 Å². The van der Waals surface area contributed by atoms with Crippen molar-refractivity contribution in [2.75, 3.05) is 13.7 Å². The van der Waals surface area contributed by atoms with Crippen LogP contribution in [0.1, 0.15) is 18.9 Å². The molecule has 2 aromatic rings. The van der Waals surface area contributed by atoms with Crippen LogP contribution in [-0.4, -0.2) is 28.0 Å². The van der Waals surface area contributed by atoms with Crippen molar-refractivity contribution in [1.29, 1.82) is 0 Å². The van der Waals surface area contributed by atoms with Gasteiger partial charge < -0.3 is 9.47 Å². The molecule has 0 radical (unpaired) electrons. The van der Waals surface area contributed by atoms with Crippen LogP contribution in [0, 0.1) is 0 Å². The summed E-state index contributed by atoms with van der Waals surface area (Å²) < 4.78 is 34.8. The normalized spacial score (nSPS) is 11.0. The molecule has 0 atom stereocenters. The topological polar surface area (TPSA) is 93.7 Å². The van der Waals surface area contributed by atoms with Gasteiger partial charge in [-0.15, -0.1) is 4.83 Å². The van der Waals surface area contributed by atoms with E-state index in [1.165, 1.54) is 19.2 Å². The molecular formula is C18H22N2O5S. The Morgan fingerprint density at radius 1 is 1.04 bits per heavy atom. The number of para-hydroxylation sites is 2. The molecule has 140 valence electrons. The Bertz CT molecular complexity index is 835. The molecule has 0 aliphatic rings. The van der Waals surface area contributed by atoms with Crippen LogP contribution >= 0.6 is 0 Å². The standard InChI is InChI=1S/C18H22N2O5S/c1-3-6-14-9-11-15(12-10-14)26(22,23)20-19-18(21)13-25-17-8-5-4-7-16(17)24-2/h4-5,7-12,20H,3,6,13H2,1-2H3,(H,19,21). The van der Waals surface area contributed by atoms with Gasteiger partial charge in [0.25, 0.3) is 15.9 Å². The summed E-state index contributed by atoms with van der Waals surface area (Å²) in [4.78, 5) is 14.0. The predicted octanol–water partition coefficient (Wildman–Crippen LogP) is 2.04. The highest BCUT2D eigenvalue weighted by Gasteiger charge is 2.15. The van der Waals surface area contributed by atoms with Crippen LogP contribution in [0.3, 0.4) is 0 Å². The molecule has 8 heteroatoms. The van der Waals surface area contributed by atoms with Crippen LogP contribution in [-0.2, 0) is 21.2 Å². The zero-order valence-corrected chi connectivity index (χ0v) is 15.5. The molecule has 1 amide bonds. The number of aryl methyl sites for hydroxylation is 1. The van der Waals surface area contributed by atoms with Crippen molar-refractivity contribution in [1.82, 2.24) is 10.3 Å². The van der Waals surface area contributed by atoms with Crippen molar-refractivity contribution in [2.45, 2.75) is 24.7 Å². The molecule has 0 unspecified atom stereocenters. The Morgan fingerprint density at radius 2 is 1.69 bits per heavy atom. The second kappa shape index (κ2) is 9.21. The molecular weight excluding hydrogens is 356 g/mol. The highest BCUT2D eigenvalue weighted by Crippen LogP contribution is 2.25. The molecule has 2 aromatic carbocycles. The van der Waals surface area contributed by atoms with E-state index >= 15 is 0 Å². The minimum Gasteiger partial charge on any atom is -0.493 e. The van der Waals surface area contributed by atoms with Gasteiger partial charge in [0.1, 0.15) is 0 Å². The van der Waals surface area contributed by atoms with Gasteiger partial charge in [-0.1, -0.05) is 37.6 Å². The third-order valence-electron chi connectivity index (χ3n) is 3.52. The molecule has 0 spiro atoms. The van der Waals surface area contributed by atoms with Gasteiger partial charge in [-0.3, -0.25) is 10.2 Å². The fraction of sp³-hybridized carbons (Fsp3) is 0.278. The molecule has 0 aliphatic carbocycles. The van der Waals surface area contributed by atoms with E-state index in [0.29, 0.717) is 11.5 Å².